The summed E-state index contributed by atoms with van der Waals surface area (Å²) in [6.45, 7) is 6.78. The zero-order valence-corrected chi connectivity index (χ0v) is 11.2. The quantitative estimate of drug-likeness (QED) is 0.637. The van der Waals surface area contributed by atoms with Crippen LogP contribution < -0.4 is 10.6 Å². The molecule has 2 aliphatic heterocycles. The van der Waals surface area contributed by atoms with Gasteiger partial charge in [-0.1, -0.05) is 6.92 Å². The van der Waals surface area contributed by atoms with Gasteiger partial charge in [0, 0.05) is 19.6 Å². The van der Waals surface area contributed by atoms with Crippen molar-refractivity contribution >= 4 is 5.91 Å². The van der Waals surface area contributed by atoms with Crippen molar-refractivity contribution in [3.8, 4) is 0 Å². The van der Waals surface area contributed by atoms with Crippen molar-refractivity contribution in [1.29, 1.82) is 0 Å². The molecule has 0 saturated carbocycles. The summed E-state index contributed by atoms with van der Waals surface area (Å²) in [6.07, 6.45) is 2.70. The number of nitrogens with one attached hydrogen (secondary N) is 2. The Balaban J connectivity index is 1.59. The van der Waals surface area contributed by atoms with Crippen LogP contribution in [0.2, 0.25) is 0 Å². The number of carbonyl (C=O) groups is 1. The van der Waals surface area contributed by atoms with Crippen LogP contribution in [0.3, 0.4) is 0 Å². The van der Waals surface area contributed by atoms with Crippen LogP contribution in [0, 0.1) is 5.92 Å². The molecule has 0 spiro atoms. The second kappa shape index (κ2) is 6.50. The van der Waals surface area contributed by atoms with Crippen LogP contribution in [0.15, 0.2) is 0 Å². The Morgan fingerprint density at radius 2 is 2.17 bits per heavy atom. The molecule has 0 aromatic heterocycles. The number of likely N-dealkylation sites (tertiary alicyclic amines) is 1. The summed E-state index contributed by atoms with van der Waals surface area (Å²) >= 11 is 0. The average molecular weight is 255 g/mol. The summed E-state index contributed by atoms with van der Waals surface area (Å²) in [4.78, 5) is 14.2. The van der Waals surface area contributed by atoms with Crippen molar-refractivity contribution in [2.24, 2.45) is 5.92 Å². The largest absolute Gasteiger partial charge is 0.392 e. The first-order valence-electron chi connectivity index (χ1n) is 7.06. The lowest BCUT2D eigenvalue weighted by atomic mass is 9.99. The Morgan fingerprint density at radius 3 is 2.78 bits per heavy atom. The molecular weight excluding hydrogens is 230 g/mol. The van der Waals surface area contributed by atoms with Crippen molar-refractivity contribution in [1.82, 2.24) is 15.5 Å². The smallest absolute Gasteiger partial charge is 0.237 e. The summed E-state index contributed by atoms with van der Waals surface area (Å²) in [5, 5.41) is 15.3. The van der Waals surface area contributed by atoms with Crippen LogP contribution in [-0.2, 0) is 4.79 Å². The lowest BCUT2D eigenvalue weighted by Crippen LogP contribution is -2.44. The Morgan fingerprint density at radius 1 is 1.44 bits per heavy atom. The van der Waals surface area contributed by atoms with Crippen molar-refractivity contribution in [3.63, 3.8) is 0 Å². The van der Waals surface area contributed by atoms with E-state index in [1.54, 1.807) is 0 Å². The van der Waals surface area contributed by atoms with E-state index in [1.807, 2.05) is 0 Å². The van der Waals surface area contributed by atoms with E-state index in [9.17, 15) is 9.90 Å². The van der Waals surface area contributed by atoms with E-state index in [0.29, 0.717) is 19.5 Å². The Labute approximate surface area is 109 Å². The molecular formula is C13H25N3O2. The first-order chi connectivity index (χ1) is 8.65. The van der Waals surface area contributed by atoms with E-state index in [4.69, 9.17) is 0 Å². The molecule has 2 atom stereocenters. The second-order valence-corrected chi connectivity index (χ2v) is 5.67. The molecule has 0 aliphatic carbocycles. The van der Waals surface area contributed by atoms with Gasteiger partial charge >= 0.3 is 0 Å². The average Bonchev–Trinajstić information content (AvgIpc) is 2.78. The maximum atomic E-state index is 11.8. The molecule has 2 fully saturated rings. The molecule has 5 heteroatoms. The van der Waals surface area contributed by atoms with Crippen molar-refractivity contribution < 1.29 is 9.90 Å². The van der Waals surface area contributed by atoms with Crippen LogP contribution in [-0.4, -0.2) is 60.8 Å². The molecule has 1 amide bonds. The fourth-order valence-electron chi connectivity index (χ4n) is 2.66. The minimum Gasteiger partial charge on any atom is -0.392 e. The van der Waals surface area contributed by atoms with Gasteiger partial charge in [0.05, 0.1) is 12.1 Å². The van der Waals surface area contributed by atoms with Gasteiger partial charge < -0.3 is 20.6 Å². The topological polar surface area (TPSA) is 64.6 Å². The number of hydrogen-bond acceptors (Lipinski definition) is 4. The van der Waals surface area contributed by atoms with Gasteiger partial charge in [-0.25, -0.2) is 0 Å². The van der Waals surface area contributed by atoms with Gasteiger partial charge in [-0.05, 0) is 38.3 Å². The lowest BCUT2D eigenvalue weighted by Gasteiger charge is -2.30. The Hall–Kier alpha value is -0.650. The van der Waals surface area contributed by atoms with Gasteiger partial charge in [0.25, 0.3) is 0 Å². The highest BCUT2D eigenvalue weighted by Gasteiger charge is 2.27. The number of piperidine rings is 1. The van der Waals surface area contributed by atoms with Crippen LogP contribution in [0.5, 0.6) is 0 Å². The second-order valence-electron chi connectivity index (χ2n) is 5.67. The van der Waals surface area contributed by atoms with Crippen molar-refractivity contribution in [3.05, 3.63) is 0 Å². The molecule has 5 nitrogen and oxygen atoms in total. The highest BCUT2D eigenvalue weighted by Crippen LogP contribution is 2.15. The SMILES string of the molecule is CC1CCN(CCNC(=O)[C@@H]2C[C@H](O)CN2)CC1. The minimum atomic E-state index is -0.371. The molecule has 0 unspecified atom stereocenters. The molecule has 0 radical (unpaired) electrons. The number of aliphatic hydroxyl groups is 1. The predicted molar refractivity (Wildman–Crippen MR) is 70.3 cm³/mol. The number of nitrogens with zero attached hydrogens (tertiary/aromatic N) is 1. The van der Waals surface area contributed by atoms with Gasteiger partial charge in [0.15, 0.2) is 0 Å². The number of carbonyl (C=O) groups excluding carboxylic acids is 1. The monoisotopic (exact) mass is 255 g/mol. The molecule has 2 aliphatic rings. The molecule has 0 aromatic carbocycles. The van der Waals surface area contributed by atoms with Crippen LogP contribution in [0.1, 0.15) is 26.2 Å². The minimum absolute atomic E-state index is 0.0249. The van der Waals surface area contributed by atoms with E-state index in [1.165, 1.54) is 12.8 Å². The van der Waals surface area contributed by atoms with Gasteiger partial charge in [0.1, 0.15) is 0 Å². The van der Waals surface area contributed by atoms with Gasteiger partial charge in [-0.2, -0.15) is 0 Å². The van der Waals surface area contributed by atoms with Gasteiger partial charge in [0.2, 0.25) is 5.91 Å². The van der Waals surface area contributed by atoms with E-state index in [2.05, 4.69) is 22.5 Å². The standard InChI is InChI=1S/C13H25N3O2/c1-10-2-5-16(6-3-10)7-4-14-13(18)12-8-11(17)9-15-12/h10-12,15,17H,2-9H2,1H3,(H,14,18)/t11-,12-/m0/s1. The molecule has 3 N–H and O–H groups in total. The number of aliphatic hydroxyl groups excluding tert-OH is 1. The van der Waals surface area contributed by atoms with Gasteiger partial charge in [-0.3, -0.25) is 4.79 Å². The van der Waals surface area contributed by atoms with Crippen molar-refractivity contribution in [2.75, 3.05) is 32.7 Å². The fourth-order valence-corrected chi connectivity index (χ4v) is 2.66. The van der Waals surface area contributed by atoms with E-state index in [-0.39, 0.29) is 18.1 Å². The summed E-state index contributed by atoms with van der Waals surface area (Å²) in [6, 6.07) is -0.207. The summed E-state index contributed by atoms with van der Waals surface area (Å²) in [5.74, 6) is 0.872. The third-order valence-corrected chi connectivity index (χ3v) is 4.03. The Kier molecular flexibility index (Phi) is 4.97. The number of hydrogen-bond donors (Lipinski definition) is 3. The molecule has 2 heterocycles. The molecule has 18 heavy (non-hydrogen) atoms. The number of amides is 1. The molecule has 0 bridgehead atoms. The summed E-state index contributed by atoms with van der Waals surface area (Å²) < 4.78 is 0. The molecule has 2 saturated heterocycles. The molecule has 0 aromatic rings. The highest BCUT2D eigenvalue weighted by atomic mass is 16.3. The fraction of sp³-hybridized carbons (Fsp3) is 0.923. The van der Waals surface area contributed by atoms with E-state index < -0.39 is 0 Å². The number of rotatable bonds is 4. The molecule has 2 rings (SSSR count). The number of β-amino-alcohol motifs (C(OH)–C–C–N with tert-alkyl or cyclic N) is 1. The maximum Gasteiger partial charge on any atom is 0.237 e. The maximum absolute atomic E-state index is 11.8. The highest BCUT2D eigenvalue weighted by molar-refractivity contribution is 5.82. The third-order valence-electron chi connectivity index (χ3n) is 4.03. The van der Waals surface area contributed by atoms with E-state index >= 15 is 0 Å². The van der Waals surface area contributed by atoms with E-state index in [0.717, 1.165) is 25.6 Å². The third kappa shape index (κ3) is 3.93. The van der Waals surface area contributed by atoms with Crippen LogP contribution in [0.25, 0.3) is 0 Å². The van der Waals surface area contributed by atoms with Gasteiger partial charge in [-0.15, -0.1) is 0 Å². The van der Waals surface area contributed by atoms with Crippen LogP contribution in [0.4, 0.5) is 0 Å². The first-order valence-corrected chi connectivity index (χ1v) is 7.06. The summed E-state index contributed by atoms with van der Waals surface area (Å²) in [5.41, 5.74) is 0. The zero-order valence-electron chi connectivity index (χ0n) is 11.2. The zero-order chi connectivity index (χ0) is 13.0. The van der Waals surface area contributed by atoms with Crippen LogP contribution >= 0.6 is 0 Å². The van der Waals surface area contributed by atoms with Crippen molar-refractivity contribution in [2.45, 2.75) is 38.3 Å². The predicted octanol–water partition coefficient (Wildman–Crippen LogP) is -0.443. The first kappa shape index (κ1) is 13.8. The summed E-state index contributed by atoms with van der Waals surface area (Å²) in [7, 11) is 0. The lowest BCUT2D eigenvalue weighted by molar-refractivity contribution is -0.123. The molecule has 104 valence electrons. The Bertz CT molecular complexity index is 277. The normalized spacial score (nSPS) is 30.6.